The summed E-state index contributed by atoms with van der Waals surface area (Å²) in [6.07, 6.45) is 1.70. The quantitative estimate of drug-likeness (QED) is 0.385. The molecule has 0 radical (unpaired) electrons. The topological polar surface area (TPSA) is 81.3 Å². The minimum absolute atomic E-state index is 0.220. The fourth-order valence-corrected chi connectivity index (χ4v) is 4.51. The largest absolute Gasteiger partial charge is 0.489 e. The number of aryl methyl sites for hydroxylation is 1. The monoisotopic (exact) mass is 466 g/mol. The van der Waals surface area contributed by atoms with Gasteiger partial charge in [0.1, 0.15) is 22.1 Å². The van der Waals surface area contributed by atoms with Gasteiger partial charge in [0, 0.05) is 0 Å². The van der Waals surface area contributed by atoms with Gasteiger partial charge in [0.2, 0.25) is 0 Å². The number of ether oxygens (including phenoxy) is 2. The molecule has 6 nitrogen and oxygen atoms in total. The van der Waals surface area contributed by atoms with Gasteiger partial charge in [0.15, 0.2) is 5.82 Å². The fourth-order valence-electron chi connectivity index (χ4n) is 3.19. The lowest BCUT2D eigenvalue weighted by atomic mass is 10.2. The summed E-state index contributed by atoms with van der Waals surface area (Å²) in [5.41, 5.74) is 2.04. The Labute approximate surface area is 193 Å². The number of esters is 1. The molecule has 32 heavy (non-hydrogen) atoms. The first kappa shape index (κ1) is 21.8. The Balaban J connectivity index is 1.61. The third kappa shape index (κ3) is 4.59. The summed E-state index contributed by atoms with van der Waals surface area (Å²) in [4.78, 5) is 32.5. The minimum atomic E-state index is -0.500. The van der Waals surface area contributed by atoms with E-state index in [4.69, 9.17) is 21.1 Å². The SMILES string of the molecule is COC(=O)c1sc2nc(/C(Cl)=C/c3cccc(OCc4ccccc4)c3)[nH]c(=O)c2c1C. The van der Waals surface area contributed by atoms with Crippen molar-refractivity contribution in [1.82, 2.24) is 9.97 Å². The number of fused-ring (bicyclic) bond motifs is 1. The molecule has 1 N–H and O–H groups in total. The molecule has 2 aromatic carbocycles. The molecule has 0 fully saturated rings. The Morgan fingerprint density at radius 2 is 1.97 bits per heavy atom. The Hall–Kier alpha value is -3.42. The molecule has 0 spiro atoms. The van der Waals surface area contributed by atoms with E-state index in [2.05, 4.69) is 9.97 Å². The zero-order chi connectivity index (χ0) is 22.7. The van der Waals surface area contributed by atoms with Crippen molar-refractivity contribution in [2.75, 3.05) is 7.11 Å². The molecule has 0 bridgehead atoms. The summed E-state index contributed by atoms with van der Waals surface area (Å²) in [6.45, 7) is 2.15. The molecule has 4 aromatic rings. The van der Waals surface area contributed by atoms with Crippen LogP contribution in [0.1, 0.15) is 32.2 Å². The molecule has 0 aliphatic heterocycles. The van der Waals surface area contributed by atoms with E-state index in [1.54, 1.807) is 13.0 Å². The lowest BCUT2D eigenvalue weighted by Gasteiger charge is -2.07. The Bertz CT molecular complexity index is 1380. The number of nitrogens with one attached hydrogen (secondary N) is 1. The maximum atomic E-state index is 12.6. The van der Waals surface area contributed by atoms with Crippen molar-refractivity contribution in [3.63, 3.8) is 0 Å². The normalized spacial score (nSPS) is 11.5. The van der Waals surface area contributed by atoms with Crippen molar-refractivity contribution >= 4 is 50.2 Å². The molecule has 4 rings (SSSR count). The van der Waals surface area contributed by atoms with Gasteiger partial charge in [0.05, 0.1) is 17.5 Å². The van der Waals surface area contributed by atoms with Gasteiger partial charge in [-0.15, -0.1) is 11.3 Å². The first-order chi connectivity index (χ1) is 15.5. The van der Waals surface area contributed by atoms with Crippen LogP contribution in [0.4, 0.5) is 0 Å². The van der Waals surface area contributed by atoms with Crippen molar-refractivity contribution in [3.8, 4) is 5.75 Å². The molecular formula is C24H19ClN2O4S. The van der Waals surface area contributed by atoms with E-state index < -0.39 is 5.97 Å². The van der Waals surface area contributed by atoms with E-state index in [1.807, 2.05) is 54.6 Å². The average molecular weight is 467 g/mol. The van der Waals surface area contributed by atoms with Crippen molar-refractivity contribution < 1.29 is 14.3 Å². The van der Waals surface area contributed by atoms with Gasteiger partial charge in [-0.3, -0.25) is 4.79 Å². The zero-order valence-electron chi connectivity index (χ0n) is 17.3. The van der Waals surface area contributed by atoms with Crippen LogP contribution in [0.25, 0.3) is 21.3 Å². The number of thiophene rings is 1. The second-order valence-electron chi connectivity index (χ2n) is 6.98. The van der Waals surface area contributed by atoms with E-state index in [1.165, 1.54) is 7.11 Å². The molecule has 2 aromatic heterocycles. The summed E-state index contributed by atoms with van der Waals surface area (Å²) in [5, 5.41) is 0.620. The van der Waals surface area contributed by atoms with Gasteiger partial charge < -0.3 is 14.5 Å². The summed E-state index contributed by atoms with van der Waals surface area (Å²) < 4.78 is 10.6. The van der Waals surface area contributed by atoms with Crippen LogP contribution in [0.5, 0.6) is 5.75 Å². The molecule has 0 aliphatic carbocycles. The number of benzene rings is 2. The number of carbonyl (C=O) groups is 1. The number of aromatic amines is 1. The van der Waals surface area contributed by atoms with E-state index in [9.17, 15) is 9.59 Å². The first-order valence-corrected chi connectivity index (χ1v) is 10.9. The Morgan fingerprint density at radius 3 is 2.72 bits per heavy atom. The average Bonchev–Trinajstić information content (AvgIpc) is 3.15. The Kier molecular flexibility index (Phi) is 6.39. The van der Waals surface area contributed by atoms with Crippen molar-refractivity contribution in [1.29, 1.82) is 0 Å². The van der Waals surface area contributed by atoms with Crippen LogP contribution in [-0.2, 0) is 11.3 Å². The molecule has 0 amide bonds. The molecule has 2 heterocycles. The minimum Gasteiger partial charge on any atom is -0.489 e. The van der Waals surface area contributed by atoms with E-state index >= 15 is 0 Å². The van der Waals surface area contributed by atoms with Crippen LogP contribution < -0.4 is 10.3 Å². The highest BCUT2D eigenvalue weighted by Crippen LogP contribution is 2.29. The predicted octanol–water partition coefficient (Wildman–Crippen LogP) is 5.40. The molecule has 0 atom stereocenters. The maximum Gasteiger partial charge on any atom is 0.348 e. The van der Waals surface area contributed by atoms with Gasteiger partial charge in [0.25, 0.3) is 5.56 Å². The number of methoxy groups -OCH3 is 1. The number of aromatic nitrogens is 2. The molecule has 8 heteroatoms. The number of nitrogens with zero attached hydrogens (tertiary/aromatic N) is 1. The van der Waals surface area contributed by atoms with Crippen molar-refractivity contribution in [2.45, 2.75) is 13.5 Å². The maximum absolute atomic E-state index is 12.6. The van der Waals surface area contributed by atoms with Crippen LogP contribution in [0.2, 0.25) is 0 Å². The number of hydrogen-bond donors (Lipinski definition) is 1. The van der Waals surface area contributed by atoms with Gasteiger partial charge in [-0.05, 0) is 41.8 Å². The standard InChI is InChI=1S/C24H19ClN2O4S/c1-14-19-22(28)26-21(27-23(19)32-20(14)24(29)30-2)18(25)12-16-9-6-10-17(11-16)31-13-15-7-4-3-5-8-15/h3-12H,13H2,1-2H3,(H,26,27,28)/b18-12-. The van der Waals surface area contributed by atoms with Crippen LogP contribution in [0.3, 0.4) is 0 Å². The lowest BCUT2D eigenvalue weighted by molar-refractivity contribution is 0.0605. The number of hydrogen-bond acceptors (Lipinski definition) is 6. The number of halogens is 1. The predicted molar refractivity (Wildman–Crippen MR) is 127 cm³/mol. The number of H-pyrrole nitrogens is 1. The molecule has 0 aliphatic rings. The van der Waals surface area contributed by atoms with Crippen LogP contribution in [-0.4, -0.2) is 23.0 Å². The molecular weight excluding hydrogens is 448 g/mol. The van der Waals surface area contributed by atoms with Crippen molar-refractivity contribution in [3.05, 3.63) is 92.3 Å². The number of carbonyl (C=O) groups excluding carboxylic acids is 1. The van der Waals surface area contributed by atoms with Crippen molar-refractivity contribution in [2.24, 2.45) is 0 Å². The molecule has 162 valence electrons. The highest BCUT2D eigenvalue weighted by atomic mass is 35.5. The summed E-state index contributed by atoms with van der Waals surface area (Å²) in [7, 11) is 1.30. The van der Waals surface area contributed by atoms with E-state index in [0.29, 0.717) is 33.0 Å². The third-order valence-electron chi connectivity index (χ3n) is 4.80. The van der Waals surface area contributed by atoms with Gasteiger partial charge in [-0.25, -0.2) is 9.78 Å². The highest BCUT2D eigenvalue weighted by molar-refractivity contribution is 7.20. The second-order valence-corrected chi connectivity index (χ2v) is 8.39. The van der Waals surface area contributed by atoms with E-state index in [0.717, 1.165) is 22.5 Å². The first-order valence-electron chi connectivity index (χ1n) is 9.72. The number of rotatable bonds is 6. The third-order valence-corrected chi connectivity index (χ3v) is 6.25. The van der Waals surface area contributed by atoms with E-state index in [-0.39, 0.29) is 16.4 Å². The van der Waals surface area contributed by atoms with Gasteiger partial charge >= 0.3 is 5.97 Å². The van der Waals surface area contributed by atoms with Gasteiger partial charge in [-0.1, -0.05) is 54.1 Å². The Morgan fingerprint density at radius 1 is 1.19 bits per heavy atom. The molecule has 0 unspecified atom stereocenters. The van der Waals surface area contributed by atoms with Crippen LogP contribution in [0, 0.1) is 6.92 Å². The highest BCUT2D eigenvalue weighted by Gasteiger charge is 2.20. The fraction of sp³-hybridized carbons (Fsp3) is 0.125. The van der Waals surface area contributed by atoms with Crippen LogP contribution >= 0.6 is 22.9 Å². The zero-order valence-corrected chi connectivity index (χ0v) is 18.9. The lowest BCUT2D eigenvalue weighted by Crippen LogP contribution is -2.10. The second kappa shape index (κ2) is 9.38. The van der Waals surface area contributed by atoms with Gasteiger partial charge in [-0.2, -0.15) is 0 Å². The molecule has 0 saturated carbocycles. The summed E-state index contributed by atoms with van der Waals surface area (Å²) in [5.74, 6) is 0.415. The molecule has 0 saturated heterocycles. The summed E-state index contributed by atoms with van der Waals surface area (Å²) in [6, 6.07) is 17.3. The van der Waals surface area contributed by atoms with Crippen LogP contribution in [0.15, 0.2) is 59.4 Å². The smallest absolute Gasteiger partial charge is 0.348 e. The summed E-state index contributed by atoms with van der Waals surface area (Å²) >= 11 is 7.58.